The molecule has 0 rings (SSSR count). The van der Waals surface area contributed by atoms with Crippen molar-refractivity contribution in [3.8, 4) is 0 Å². The standard InChI is InChI=1S/CH4O6S2.H2O.Zn/c2-8(3,4)1-9(5,6)7;;/h1H2,(H,2,3,4)(H,5,6,7);1H2;/q;;+3/p-3. The Hall–Kier alpha value is 0.403. The van der Waals surface area contributed by atoms with Crippen LogP contribution in [-0.2, 0) is 38.9 Å². The van der Waals surface area contributed by atoms with Crippen molar-refractivity contribution >= 4 is 20.2 Å². The van der Waals surface area contributed by atoms with Crippen molar-refractivity contribution < 1.29 is 48.5 Å². The molecular formula is CH3O7S2Zn. The number of hydrogen-bond acceptors (Lipinski definition) is 7. The van der Waals surface area contributed by atoms with Crippen LogP contribution >= 0.6 is 0 Å². The van der Waals surface area contributed by atoms with Gasteiger partial charge in [0.15, 0.2) is 0 Å². The van der Waals surface area contributed by atoms with Crippen molar-refractivity contribution in [2.24, 2.45) is 0 Å². The van der Waals surface area contributed by atoms with Gasteiger partial charge < -0.3 is 9.11 Å². The Labute approximate surface area is 74.0 Å². The number of rotatable bonds is 2. The third-order valence-electron chi connectivity index (χ3n) is 0.289. The van der Waals surface area contributed by atoms with Gasteiger partial charge in [-0.3, -0.25) is 0 Å². The maximum atomic E-state index is 9.51. The third kappa shape index (κ3) is 17.9. The van der Waals surface area contributed by atoms with Crippen LogP contribution in [-0.4, -0.2) is 35.0 Å². The van der Waals surface area contributed by atoms with Gasteiger partial charge in [0, 0.05) is 0 Å². The summed E-state index contributed by atoms with van der Waals surface area (Å²) in [4.78, 5) is 0. The molecule has 0 radical (unpaired) electrons. The van der Waals surface area contributed by atoms with Crippen molar-refractivity contribution in [1.29, 1.82) is 0 Å². The first-order chi connectivity index (χ1) is 4.71. The molecule has 0 unspecified atom stereocenters. The molecule has 10 heteroatoms. The predicted octanol–water partition coefficient (Wildman–Crippen LogP) is -2.53. The van der Waals surface area contributed by atoms with Crippen LogP contribution in [0.25, 0.3) is 0 Å². The van der Waals surface area contributed by atoms with E-state index in [4.69, 9.17) is 3.93 Å². The van der Waals surface area contributed by atoms with Gasteiger partial charge >= 0.3 is 22.6 Å². The summed E-state index contributed by atoms with van der Waals surface area (Å²) in [5.74, 6) is 0. The molecule has 0 aliphatic rings. The molecule has 0 aromatic carbocycles. The predicted molar refractivity (Wildman–Crippen MR) is 26.5 cm³/mol. The van der Waals surface area contributed by atoms with Gasteiger partial charge in [-0.25, -0.2) is 16.8 Å². The molecule has 0 saturated carbocycles. The summed E-state index contributed by atoms with van der Waals surface area (Å²) >= 11 is 0.375. The van der Waals surface area contributed by atoms with Gasteiger partial charge in [-0.15, -0.1) is 0 Å². The average Bonchev–Trinajstić information content (AvgIpc) is 1.60. The zero-order valence-corrected chi connectivity index (χ0v) is 9.73. The summed E-state index contributed by atoms with van der Waals surface area (Å²) in [6.45, 7) is 0. The van der Waals surface area contributed by atoms with Gasteiger partial charge in [0.2, 0.25) is 0 Å². The van der Waals surface area contributed by atoms with E-state index < -0.39 is 25.3 Å². The van der Waals surface area contributed by atoms with Gasteiger partial charge in [0.25, 0.3) is 0 Å². The van der Waals surface area contributed by atoms with Crippen LogP contribution in [0.5, 0.6) is 0 Å². The second-order valence-corrected chi connectivity index (χ2v) is 4.41. The van der Waals surface area contributed by atoms with Crippen LogP contribution in [0.4, 0.5) is 0 Å². The Kier molecular flexibility index (Phi) is 6.50. The van der Waals surface area contributed by atoms with Crippen LogP contribution in [0.15, 0.2) is 0 Å². The van der Waals surface area contributed by atoms with Gasteiger partial charge in [0.05, 0.1) is 0 Å². The van der Waals surface area contributed by atoms with E-state index in [1.54, 1.807) is 0 Å². The monoisotopic (exact) mass is 255 g/mol. The Bertz CT molecular complexity index is 242. The molecule has 0 atom stereocenters. The molecule has 0 bridgehead atoms. The van der Waals surface area contributed by atoms with Gasteiger partial charge in [-0.1, -0.05) is 0 Å². The molecule has 0 amide bonds. The molecule has 0 heterocycles. The fourth-order valence-corrected chi connectivity index (χ4v) is 1.59. The molecule has 0 aliphatic carbocycles. The summed E-state index contributed by atoms with van der Waals surface area (Å²) in [6.07, 6.45) is 0. The normalized spacial score (nSPS) is 11.7. The van der Waals surface area contributed by atoms with Gasteiger partial charge in [-0.05, 0) is 0 Å². The topological polar surface area (TPSA) is 135 Å². The summed E-state index contributed by atoms with van der Waals surface area (Å²) in [5, 5.41) is -1.88. The fourth-order valence-electron chi connectivity index (χ4n) is 0.177. The third-order valence-corrected chi connectivity index (χ3v) is 2.60. The molecular weight excluding hydrogens is 254 g/mol. The van der Waals surface area contributed by atoms with E-state index >= 15 is 0 Å². The second kappa shape index (κ2) is 5.12. The Morgan fingerprint density at radius 2 is 1.18 bits per heavy atom. The second-order valence-electron chi connectivity index (χ2n) is 1.23. The molecule has 0 aliphatic heterocycles. The van der Waals surface area contributed by atoms with Crippen LogP contribution in [0.3, 0.4) is 0 Å². The molecule has 0 spiro atoms. The molecule has 0 aromatic heterocycles. The van der Waals surface area contributed by atoms with E-state index in [1.807, 2.05) is 0 Å². The number of hydrogen-bond donors (Lipinski definition) is 1. The van der Waals surface area contributed by atoms with E-state index in [9.17, 15) is 25.9 Å². The van der Waals surface area contributed by atoms with Crippen molar-refractivity contribution in [2.75, 3.05) is 5.08 Å². The van der Waals surface area contributed by atoms with E-state index in [-0.39, 0.29) is 0 Å². The quantitative estimate of drug-likeness (QED) is 0.425. The Balaban J connectivity index is 0. The zero-order valence-electron chi connectivity index (χ0n) is 5.13. The molecule has 1 N–H and O–H groups in total. The van der Waals surface area contributed by atoms with E-state index in [1.165, 1.54) is 0 Å². The minimum absolute atomic E-state index is 0.375. The van der Waals surface area contributed by atoms with Crippen molar-refractivity contribution in [1.82, 2.24) is 0 Å². The van der Waals surface area contributed by atoms with Crippen molar-refractivity contribution in [2.45, 2.75) is 0 Å². The summed E-state index contributed by atoms with van der Waals surface area (Å²) in [5.41, 5.74) is 0. The Morgan fingerprint density at radius 1 is 1.00 bits per heavy atom. The summed E-state index contributed by atoms with van der Waals surface area (Å²) in [6, 6.07) is 0. The van der Waals surface area contributed by atoms with Crippen molar-refractivity contribution in [3.63, 3.8) is 0 Å². The molecule has 0 aromatic rings. The SMILES string of the molecule is O=S(=O)([O-])CS(=O)(=O)[O-].[OH][Zn+2]. The van der Waals surface area contributed by atoms with Crippen molar-refractivity contribution in [3.05, 3.63) is 0 Å². The van der Waals surface area contributed by atoms with E-state index in [0.29, 0.717) is 18.7 Å². The maximum absolute atomic E-state index is 9.51. The summed E-state index contributed by atoms with van der Waals surface area (Å²) in [7, 11) is -9.86. The van der Waals surface area contributed by atoms with Gasteiger partial charge in [-0.2, -0.15) is 0 Å². The van der Waals surface area contributed by atoms with Gasteiger partial charge in [0.1, 0.15) is 25.3 Å². The zero-order chi connectivity index (χ0) is 9.71. The minimum atomic E-state index is -4.93. The molecule has 0 fully saturated rings. The van der Waals surface area contributed by atoms with E-state index in [2.05, 4.69) is 0 Å². The van der Waals surface area contributed by atoms with Crippen LogP contribution in [0.1, 0.15) is 0 Å². The Morgan fingerprint density at radius 3 is 1.18 bits per heavy atom. The van der Waals surface area contributed by atoms with Crippen LogP contribution in [0.2, 0.25) is 0 Å². The first kappa shape index (κ1) is 14.0. The van der Waals surface area contributed by atoms with Crippen LogP contribution in [0, 0.1) is 0 Å². The van der Waals surface area contributed by atoms with E-state index in [0.717, 1.165) is 0 Å². The average molecular weight is 257 g/mol. The first-order valence-electron chi connectivity index (χ1n) is 1.89. The van der Waals surface area contributed by atoms with Crippen LogP contribution < -0.4 is 0 Å². The molecule has 11 heavy (non-hydrogen) atoms. The molecule has 63 valence electrons. The first-order valence-corrected chi connectivity index (χ1v) is 6.38. The molecule has 7 nitrogen and oxygen atoms in total. The fraction of sp³-hybridized carbons (Fsp3) is 1.00. The molecule has 0 saturated heterocycles. The summed E-state index contributed by atoms with van der Waals surface area (Å²) < 4.78 is 64.2.